The molecule has 0 bridgehead atoms. The van der Waals surface area contributed by atoms with E-state index in [1.807, 2.05) is 24.3 Å². The number of nitrogens with one attached hydrogen (secondary N) is 2. The van der Waals surface area contributed by atoms with Crippen molar-refractivity contribution < 1.29 is 13.9 Å². The third kappa shape index (κ3) is 5.29. The van der Waals surface area contributed by atoms with Crippen molar-refractivity contribution in [3.63, 3.8) is 0 Å². The average molecular weight is 455 g/mol. The summed E-state index contributed by atoms with van der Waals surface area (Å²) in [6.45, 7) is 1.31. The molecule has 8 heteroatoms. The van der Waals surface area contributed by atoms with Crippen molar-refractivity contribution in [1.82, 2.24) is 10.3 Å². The van der Waals surface area contributed by atoms with Crippen LogP contribution in [-0.4, -0.2) is 37.3 Å². The summed E-state index contributed by atoms with van der Waals surface area (Å²) in [6, 6.07) is 17.6. The van der Waals surface area contributed by atoms with E-state index in [9.17, 15) is 9.18 Å². The molecule has 1 unspecified atom stereocenters. The second-order valence-electron chi connectivity index (χ2n) is 7.66. The monoisotopic (exact) mass is 454 g/mol. The minimum Gasteiger partial charge on any atom is -0.497 e. The van der Waals surface area contributed by atoms with Crippen molar-refractivity contribution in [1.29, 1.82) is 0 Å². The Bertz CT molecular complexity index is 1060. The van der Waals surface area contributed by atoms with Gasteiger partial charge in [0, 0.05) is 53.7 Å². The summed E-state index contributed by atoms with van der Waals surface area (Å²) in [5, 5.41) is 6.58. The van der Waals surface area contributed by atoms with Crippen LogP contribution in [-0.2, 0) is 0 Å². The molecule has 1 fully saturated rings. The van der Waals surface area contributed by atoms with E-state index in [-0.39, 0.29) is 18.0 Å². The molecule has 6 nitrogen and oxygen atoms in total. The van der Waals surface area contributed by atoms with Crippen LogP contribution in [0.5, 0.6) is 5.75 Å². The number of nitrogens with zero attached hydrogens (tertiary/aromatic N) is 2. The van der Waals surface area contributed by atoms with E-state index in [4.69, 9.17) is 16.3 Å². The smallest absolute Gasteiger partial charge is 0.319 e. The second kappa shape index (κ2) is 9.87. The summed E-state index contributed by atoms with van der Waals surface area (Å²) < 4.78 is 19.0. The molecule has 1 saturated heterocycles. The number of methoxy groups -OCH3 is 1. The largest absolute Gasteiger partial charge is 0.497 e. The summed E-state index contributed by atoms with van der Waals surface area (Å²) >= 11 is 5.92. The number of halogens is 2. The van der Waals surface area contributed by atoms with Crippen LogP contribution in [0.2, 0.25) is 5.02 Å². The van der Waals surface area contributed by atoms with Gasteiger partial charge < -0.3 is 20.3 Å². The van der Waals surface area contributed by atoms with Gasteiger partial charge >= 0.3 is 6.03 Å². The zero-order chi connectivity index (χ0) is 22.5. The van der Waals surface area contributed by atoms with Crippen LogP contribution in [0.4, 0.5) is 20.6 Å². The highest BCUT2D eigenvalue weighted by Gasteiger charge is 2.32. The van der Waals surface area contributed by atoms with Crippen LogP contribution in [0.3, 0.4) is 0 Å². The van der Waals surface area contributed by atoms with Crippen molar-refractivity contribution >= 4 is 29.0 Å². The Balaban J connectivity index is 1.52. The molecule has 166 valence electrons. The number of aromatic nitrogens is 1. The van der Waals surface area contributed by atoms with Crippen molar-refractivity contribution in [3.05, 3.63) is 83.4 Å². The predicted octanol–water partition coefficient (Wildman–Crippen LogP) is 5.07. The Kier molecular flexibility index (Phi) is 6.75. The van der Waals surface area contributed by atoms with E-state index < -0.39 is 5.95 Å². The van der Waals surface area contributed by atoms with Gasteiger partial charge in [-0.15, -0.1) is 0 Å². The standard InChI is InChI=1S/C24H24ClFN4O2/c1-32-20-8-2-16(3-9-20)21-15-30(19-10-12-27-23(26)14-19)13-11-22(21)29-24(31)28-18-6-4-17(25)5-7-18/h2-10,12,14,21-22H,11,13,15H2,1H3,(H2,28,29,31)/t21?,22-/m1/s1. The van der Waals surface area contributed by atoms with E-state index >= 15 is 0 Å². The minimum atomic E-state index is -0.508. The number of piperidine rings is 1. The fourth-order valence-corrected chi connectivity index (χ4v) is 4.13. The summed E-state index contributed by atoms with van der Waals surface area (Å²) in [6.07, 6.45) is 2.17. The fraction of sp³-hybridized carbons (Fsp3) is 0.250. The van der Waals surface area contributed by atoms with Crippen molar-refractivity contribution in [3.8, 4) is 5.75 Å². The molecule has 1 aromatic heterocycles. The number of anilines is 2. The van der Waals surface area contributed by atoms with Crippen LogP contribution in [0, 0.1) is 5.95 Å². The van der Waals surface area contributed by atoms with Crippen molar-refractivity contribution in [2.45, 2.75) is 18.4 Å². The lowest BCUT2D eigenvalue weighted by Gasteiger charge is -2.40. The molecule has 0 radical (unpaired) electrons. The number of hydrogen-bond acceptors (Lipinski definition) is 4. The van der Waals surface area contributed by atoms with Crippen LogP contribution >= 0.6 is 11.6 Å². The maximum atomic E-state index is 13.7. The zero-order valence-electron chi connectivity index (χ0n) is 17.6. The number of hydrogen-bond donors (Lipinski definition) is 2. The topological polar surface area (TPSA) is 66.5 Å². The molecule has 32 heavy (non-hydrogen) atoms. The SMILES string of the molecule is COc1ccc(C2CN(c3ccnc(F)c3)CC[C@H]2NC(=O)Nc2ccc(Cl)cc2)cc1. The molecular formula is C24H24ClFN4O2. The molecule has 2 amide bonds. The Morgan fingerprint density at radius 3 is 2.59 bits per heavy atom. The number of rotatable bonds is 5. The first kappa shape index (κ1) is 21.9. The number of pyridine rings is 1. The van der Waals surface area contributed by atoms with Crippen LogP contribution in [0.25, 0.3) is 0 Å². The fourth-order valence-electron chi connectivity index (χ4n) is 4.01. The molecule has 3 aromatic rings. The van der Waals surface area contributed by atoms with Gasteiger partial charge in [-0.2, -0.15) is 4.39 Å². The highest BCUT2D eigenvalue weighted by molar-refractivity contribution is 6.30. The lowest BCUT2D eigenvalue weighted by atomic mass is 9.85. The molecule has 0 aliphatic carbocycles. The van der Waals surface area contributed by atoms with Gasteiger partial charge in [-0.3, -0.25) is 0 Å². The van der Waals surface area contributed by atoms with E-state index in [2.05, 4.69) is 20.5 Å². The Hall–Kier alpha value is -3.32. The number of carbonyl (C=O) groups is 1. The van der Waals surface area contributed by atoms with Gasteiger partial charge in [0.05, 0.1) is 7.11 Å². The van der Waals surface area contributed by atoms with E-state index in [1.165, 1.54) is 12.3 Å². The molecular weight excluding hydrogens is 431 g/mol. The third-order valence-corrected chi connectivity index (χ3v) is 5.90. The molecule has 2 N–H and O–H groups in total. The molecule has 4 rings (SSSR count). The van der Waals surface area contributed by atoms with Gasteiger partial charge in [-0.25, -0.2) is 9.78 Å². The van der Waals surface area contributed by atoms with E-state index in [0.717, 1.165) is 17.0 Å². The Morgan fingerprint density at radius 2 is 1.91 bits per heavy atom. The first-order valence-corrected chi connectivity index (χ1v) is 10.7. The third-order valence-electron chi connectivity index (χ3n) is 5.65. The zero-order valence-corrected chi connectivity index (χ0v) is 18.3. The lowest BCUT2D eigenvalue weighted by Crippen LogP contribution is -2.50. The van der Waals surface area contributed by atoms with Crippen molar-refractivity contribution in [2.24, 2.45) is 0 Å². The van der Waals surface area contributed by atoms with Gasteiger partial charge in [-0.05, 0) is 54.4 Å². The number of carbonyl (C=O) groups excluding carboxylic acids is 1. The average Bonchev–Trinajstić information content (AvgIpc) is 2.81. The number of ether oxygens (including phenoxy) is 1. The minimum absolute atomic E-state index is 0.00171. The summed E-state index contributed by atoms with van der Waals surface area (Å²) in [7, 11) is 1.63. The van der Waals surface area contributed by atoms with Gasteiger partial charge in [0.2, 0.25) is 5.95 Å². The number of benzene rings is 2. The summed E-state index contributed by atoms with van der Waals surface area (Å²) in [5.41, 5.74) is 2.51. The molecule has 2 aromatic carbocycles. The number of amides is 2. The maximum absolute atomic E-state index is 13.7. The van der Waals surface area contributed by atoms with E-state index in [0.29, 0.717) is 30.2 Å². The van der Waals surface area contributed by atoms with Crippen LogP contribution < -0.4 is 20.3 Å². The first-order valence-electron chi connectivity index (χ1n) is 10.4. The first-order chi connectivity index (χ1) is 15.5. The quantitative estimate of drug-likeness (QED) is 0.528. The molecule has 0 spiro atoms. The van der Waals surface area contributed by atoms with Crippen molar-refractivity contribution in [2.75, 3.05) is 30.4 Å². The van der Waals surface area contributed by atoms with Gasteiger partial charge in [0.25, 0.3) is 0 Å². The lowest BCUT2D eigenvalue weighted by molar-refractivity contribution is 0.243. The van der Waals surface area contributed by atoms with Crippen LogP contribution in [0.15, 0.2) is 66.9 Å². The Labute approximate surface area is 191 Å². The normalized spacial score (nSPS) is 18.2. The maximum Gasteiger partial charge on any atom is 0.319 e. The highest BCUT2D eigenvalue weighted by Crippen LogP contribution is 2.31. The second-order valence-corrected chi connectivity index (χ2v) is 8.10. The summed E-state index contributed by atoms with van der Waals surface area (Å²) in [4.78, 5) is 18.5. The highest BCUT2D eigenvalue weighted by atomic mass is 35.5. The molecule has 1 aliphatic rings. The van der Waals surface area contributed by atoms with Crippen LogP contribution in [0.1, 0.15) is 17.9 Å². The molecule has 2 atom stereocenters. The van der Waals surface area contributed by atoms with Gasteiger partial charge in [0.15, 0.2) is 0 Å². The van der Waals surface area contributed by atoms with Gasteiger partial charge in [0.1, 0.15) is 5.75 Å². The predicted molar refractivity (Wildman–Crippen MR) is 124 cm³/mol. The molecule has 1 aliphatic heterocycles. The summed E-state index contributed by atoms with van der Waals surface area (Å²) in [5.74, 6) is 0.260. The molecule has 2 heterocycles. The molecule has 0 saturated carbocycles. The number of urea groups is 1. The Morgan fingerprint density at radius 1 is 1.16 bits per heavy atom. The van der Waals surface area contributed by atoms with E-state index in [1.54, 1.807) is 37.4 Å². The van der Waals surface area contributed by atoms with Gasteiger partial charge in [-0.1, -0.05) is 23.7 Å².